The van der Waals surface area contributed by atoms with Gasteiger partial charge in [0.05, 0.1) is 22.6 Å². The molecule has 1 aliphatic rings. The number of hydrogen-bond donors (Lipinski definition) is 0. The molecule has 0 amide bonds. The van der Waals surface area contributed by atoms with Gasteiger partial charge in [-0.3, -0.25) is 4.90 Å². The number of rotatable bonds is 5. The highest BCUT2D eigenvalue weighted by atomic mass is 32.2. The average Bonchev–Trinajstić information content (AvgIpc) is 3.15. The van der Waals surface area contributed by atoms with Gasteiger partial charge in [-0.2, -0.15) is 35.6 Å². The van der Waals surface area contributed by atoms with Gasteiger partial charge in [-0.1, -0.05) is 19.0 Å². The molecule has 1 aromatic heterocycles. The number of aromatic nitrogens is 2. The molecule has 7 nitrogen and oxygen atoms in total. The maximum absolute atomic E-state index is 13.1. The van der Waals surface area contributed by atoms with Gasteiger partial charge in [-0.15, -0.1) is 0 Å². The fourth-order valence-electron chi connectivity index (χ4n) is 3.11. The Hall–Kier alpha value is -2.19. The van der Waals surface area contributed by atoms with Crippen LogP contribution in [0.3, 0.4) is 0 Å². The lowest BCUT2D eigenvalue weighted by Gasteiger charge is -2.33. The third kappa shape index (κ3) is 5.41. The van der Waals surface area contributed by atoms with Crippen molar-refractivity contribution >= 4 is 10.0 Å². The summed E-state index contributed by atoms with van der Waals surface area (Å²) in [5, 5.41) is 3.83. The second-order valence-corrected chi connectivity index (χ2v) is 9.56. The largest absolute Gasteiger partial charge is 0.416 e. The summed E-state index contributed by atoms with van der Waals surface area (Å²) in [6, 6.07) is 0.346. The molecule has 0 atom stereocenters. The van der Waals surface area contributed by atoms with E-state index in [0.717, 1.165) is 4.31 Å². The van der Waals surface area contributed by atoms with Gasteiger partial charge in [0.25, 0.3) is 0 Å². The molecule has 3 rings (SSSR count). The molecule has 1 saturated heterocycles. The lowest BCUT2D eigenvalue weighted by atomic mass is 10.1. The molecule has 178 valence electrons. The van der Waals surface area contributed by atoms with Crippen LogP contribution in [-0.2, 0) is 28.9 Å². The number of sulfonamides is 1. The van der Waals surface area contributed by atoms with E-state index in [9.17, 15) is 34.8 Å². The molecular formula is C18H20F6N4O3S. The second-order valence-electron chi connectivity index (χ2n) is 7.62. The molecule has 0 N–H and O–H groups in total. The molecule has 1 aliphatic heterocycles. The highest BCUT2D eigenvalue weighted by Crippen LogP contribution is 2.37. The molecule has 0 spiro atoms. The fourth-order valence-corrected chi connectivity index (χ4v) is 4.60. The molecule has 0 aliphatic carbocycles. The van der Waals surface area contributed by atoms with Crippen LogP contribution in [0.25, 0.3) is 0 Å². The Morgan fingerprint density at radius 3 is 1.94 bits per heavy atom. The molecule has 1 aromatic carbocycles. The number of hydrogen-bond acceptors (Lipinski definition) is 6. The zero-order chi connectivity index (χ0) is 23.9. The van der Waals surface area contributed by atoms with Crippen molar-refractivity contribution in [3.63, 3.8) is 0 Å². The molecular weight excluding hydrogens is 466 g/mol. The molecule has 32 heavy (non-hydrogen) atoms. The van der Waals surface area contributed by atoms with Gasteiger partial charge in [0.15, 0.2) is 5.82 Å². The predicted octanol–water partition coefficient (Wildman–Crippen LogP) is 3.74. The van der Waals surface area contributed by atoms with E-state index < -0.39 is 38.4 Å². The molecule has 0 radical (unpaired) electrons. The second kappa shape index (κ2) is 8.63. The topological polar surface area (TPSA) is 79.5 Å². The Balaban J connectivity index is 1.77. The Bertz CT molecular complexity index is 1030. The van der Waals surface area contributed by atoms with Crippen LogP contribution >= 0.6 is 0 Å². The van der Waals surface area contributed by atoms with Gasteiger partial charge in [-0.25, -0.2) is 8.42 Å². The van der Waals surface area contributed by atoms with Crippen LogP contribution in [0, 0.1) is 0 Å². The van der Waals surface area contributed by atoms with Crippen LogP contribution in [0.15, 0.2) is 27.6 Å². The third-order valence-electron chi connectivity index (χ3n) is 4.89. The first kappa shape index (κ1) is 24.5. The normalized spacial score (nSPS) is 17.3. The maximum Gasteiger partial charge on any atom is 0.416 e. The number of nitrogens with zero attached hydrogens (tertiary/aromatic N) is 4. The third-order valence-corrected chi connectivity index (χ3v) is 6.77. The van der Waals surface area contributed by atoms with E-state index in [2.05, 4.69) is 10.1 Å². The van der Waals surface area contributed by atoms with Crippen LogP contribution in [-0.4, -0.2) is 53.9 Å². The van der Waals surface area contributed by atoms with Gasteiger partial charge >= 0.3 is 12.4 Å². The van der Waals surface area contributed by atoms with Gasteiger partial charge in [0.1, 0.15) is 0 Å². The highest BCUT2D eigenvalue weighted by molar-refractivity contribution is 7.89. The number of halogens is 6. The summed E-state index contributed by atoms with van der Waals surface area (Å²) in [5.74, 6) is 0.910. The summed E-state index contributed by atoms with van der Waals surface area (Å²) < 4.78 is 110. The van der Waals surface area contributed by atoms with Crippen LogP contribution in [0.1, 0.15) is 42.6 Å². The maximum atomic E-state index is 13.1. The summed E-state index contributed by atoms with van der Waals surface area (Å²) in [6.07, 6.45) is -10.3. The molecule has 0 unspecified atom stereocenters. The van der Waals surface area contributed by atoms with Gasteiger partial charge in [-0.05, 0) is 18.2 Å². The summed E-state index contributed by atoms with van der Waals surface area (Å²) in [5.41, 5.74) is -3.36. The minimum Gasteiger partial charge on any atom is -0.338 e. The zero-order valence-electron chi connectivity index (χ0n) is 17.0. The van der Waals surface area contributed by atoms with Crippen molar-refractivity contribution in [2.24, 2.45) is 0 Å². The Labute approximate surface area is 180 Å². The van der Waals surface area contributed by atoms with Crippen molar-refractivity contribution in [1.82, 2.24) is 19.3 Å². The molecule has 2 aromatic rings. The van der Waals surface area contributed by atoms with Crippen LogP contribution in [0.5, 0.6) is 0 Å². The van der Waals surface area contributed by atoms with Crippen molar-refractivity contribution in [3.8, 4) is 0 Å². The highest BCUT2D eigenvalue weighted by Gasteiger charge is 2.39. The Kier molecular flexibility index (Phi) is 6.60. The van der Waals surface area contributed by atoms with Crippen LogP contribution in [0.4, 0.5) is 26.3 Å². The van der Waals surface area contributed by atoms with Crippen LogP contribution in [0.2, 0.25) is 0 Å². The lowest BCUT2D eigenvalue weighted by Crippen LogP contribution is -2.48. The SMILES string of the molecule is CC(C)c1noc(CN2CCN(S(=O)(=O)c3cc(C(F)(F)F)cc(C(F)(F)F)c3)CC2)n1. The van der Waals surface area contributed by atoms with Gasteiger partial charge < -0.3 is 4.52 Å². The average molecular weight is 486 g/mol. The van der Waals surface area contributed by atoms with E-state index in [1.807, 2.05) is 13.8 Å². The molecule has 2 heterocycles. The molecule has 14 heteroatoms. The van der Waals surface area contributed by atoms with Crippen molar-refractivity contribution in [3.05, 3.63) is 41.0 Å². The van der Waals surface area contributed by atoms with Crippen molar-refractivity contribution < 1.29 is 39.3 Å². The standard InChI is InChI=1S/C18H20F6N4O3S/c1-11(2)16-25-15(31-26-16)10-27-3-5-28(6-4-27)32(29,30)14-8-12(17(19,20)21)7-13(9-14)18(22,23)24/h7-9,11H,3-6,10H2,1-2H3. The summed E-state index contributed by atoms with van der Waals surface area (Å²) >= 11 is 0. The Morgan fingerprint density at radius 2 is 1.50 bits per heavy atom. The first-order chi connectivity index (χ1) is 14.7. The van der Waals surface area contributed by atoms with E-state index in [1.54, 1.807) is 4.90 Å². The summed E-state index contributed by atoms with van der Waals surface area (Å²) in [4.78, 5) is 4.97. The summed E-state index contributed by atoms with van der Waals surface area (Å²) in [7, 11) is -4.58. The number of benzene rings is 1. The van der Waals surface area contributed by atoms with Crippen LogP contribution < -0.4 is 0 Å². The number of alkyl halides is 6. The quantitative estimate of drug-likeness (QED) is 0.600. The zero-order valence-corrected chi connectivity index (χ0v) is 17.9. The van der Waals surface area contributed by atoms with Crippen molar-refractivity contribution in [1.29, 1.82) is 0 Å². The van der Waals surface area contributed by atoms with E-state index in [0.29, 0.717) is 11.7 Å². The molecule has 0 saturated carbocycles. The molecule has 0 bridgehead atoms. The minimum absolute atomic E-state index is 0.0588. The van der Waals surface area contributed by atoms with E-state index in [4.69, 9.17) is 4.52 Å². The first-order valence-corrected chi connectivity index (χ1v) is 11.0. The van der Waals surface area contributed by atoms with Gasteiger partial charge in [0.2, 0.25) is 15.9 Å². The van der Waals surface area contributed by atoms with Crippen molar-refractivity contribution in [2.45, 2.75) is 43.6 Å². The van der Waals surface area contributed by atoms with E-state index >= 15 is 0 Å². The van der Waals surface area contributed by atoms with E-state index in [1.165, 1.54) is 0 Å². The van der Waals surface area contributed by atoms with E-state index in [-0.39, 0.29) is 56.8 Å². The lowest BCUT2D eigenvalue weighted by molar-refractivity contribution is -0.143. The molecule has 1 fully saturated rings. The Morgan fingerprint density at radius 1 is 0.969 bits per heavy atom. The van der Waals surface area contributed by atoms with Gasteiger partial charge in [0, 0.05) is 32.1 Å². The smallest absolute Gasteiger partial charge is 0.338 e. The monoisotopic (exact) mass is 486 g/mol. The number of piperazine rings is 1. The minimum atomic E-state index is -5.14. The first-order valence-electron chi connectivity index (χ1n) is 9.52. The fraction of sp³-hybridized carbons (Fsp3) is 0.556. The van der Waals surface area contributed by atoms with Crippen molar-refractivity contribution in [2.75, 3.05) is 26.2 Å². The predicted molar refractivity (Wildman–Crippen MR) is 98.9 cm³/mol. The summed E-state index contributed by atoms with van der Waals surface area (Å²) in [6.45, 7) is 4.14.